The van der Waals surface area contributed by atoms with Crippen molar-refractivity contribution in [1.29, 1.82) is 0 Å². The summed E-state index contributed by atoms with van der Waals surface area (Å²) in [6.07, 6.45) is 2.35. The minimum absolute atomic E-state index is 0.493. The molecule has 0 aromatic heterocycles. The van der Waals surface area contributed by atoms with Gasteiger partial charge in [0.1, 0.15) is 0 Å². The molecule has 120 valence electrons. The third kappa shape index (κ3) is 6.28. The van der Waals surface area contributed by atoms with Crippen molar-refractivity contribution in [3.63, 3.8) is 0 Å². The van der Waals surface area contributed by atoms with Crippen LogP contribution in [0.15, 0.2) is 18.2 Å². The summed E-state index contributed by atoms with van der Waals surface area (Å²) in [5, 5.41) is 3.66. The van der Waals surface area contributed by atoms with Crippen molar-refractivity contribution in [3.8, 4) is 11.5 Å². The van der Waals surface area contributed by atoms with E-state index in [9.17, 15) is 0 Å². The summed E-state index contributed by atoms with van der Waals surface area (Å²) in [6.45, 7) is 11.7. The maximum Gasteiger partial charge on any atom is 0.163 e. The van der Waals surface area contributed by atoms with E-state index in [1.165, 1.54) is 12.8 Å². The Kier molecular flexibility index (Phi) is 7.41. The number of anilines is 1. The molecule has 0 aliphatic rings. The monoisotopic (exact) mass is 293 g/mol. The van der Waals surface area contributed by atoms with E-state index in [0.717, 1.165) is 17.2 Å². The number of rotatable bonds is 9. The Morgan fingerprint density at radius 3 is 2.10 bits per heavy atom. The fraction of sp³-hybridized carbons (Fsp3) is 0.667. The van der Waals surface area contributed by atoms with Gasteiger partial charge in [-0.2, -0.15) is 0 Å². The molecule has 0 fully saturated rings. The lowest BCUT2D eigenvalue weighted by Crippen LogP contribution is -2.23. The van der Waals surface area contributed by atoms with E-state index in [1.807, 2.05) is 19.1 Å². The lowest BCUT2D eigenvalue weighted by atomic mass is 9.95. The van der Waals surface area contributed by atoms with Crippen molar-refractivity contribution in [1.82, 2.24) is 0 Å². The normalized spacial score (nSPS) is 11.3. The van der Waals surface area contributed by atoms with Crippen LogP contribution in [-0.2, 0) is 0 Å². The Morgan fingerprint density at radius 2 is 1.62 bits per heavy atom. The van der Waals surface area contributed by atoms with Crippen molar-refractivity contribution in [2.45, 2.75) is 53.5 Å². The van der Waals surface area contributed by atoms with Crippen molar-refractivity contribution in [2.75, 3.05) is 19.0 Å². The first-order valence-corrected chi connectivity index (χ1v) is 8.03. The van der Waals surface area contributed by atoms with Gasteiger partial charge < -0.3 is 14.8 Å². The quantitative estimate of drug-likeness (QED) is 0.697. The number of methoxy groups -OCH3 is 1. The molecule has 1 aromatic carbocycles. The molecule has 0 radical (unpaired) electrons. The second-order valence-corrected chi connectivity index (χ2v) is 6.40. The number of hydrogen-bond donors (Lipinski definition) is 1. The minimum atomic E-state index is 0.493. The molecule has 0 saturated heterocycles. The molecule has 0 saturated carbocycles. The van der Waals surface area contributed by atoms with E-state index in [-0.39, 0.29) is 0 Å². The van der Waals surface area contributed by atoms with Crippen LogP contribution >= 0.6 is 0 Å². The molecule has 1 N–H and O–H groups in total. The van der Waals surface area contributed by atoms with Gasteiger partial charge in [-0.15, -0.1) is 0 Å². The fourth-order valence-corrected chi connectivity index (χ4v) is 2.62. The van der Waals surface area contributed by atoms with E-state index in [1.54, 1.807) is 7.11 Å². The number of ether oxygens (including phenoxy) is 2. The van der Waals surface area contributed by atoms with Crippen molar-refractivity contribution < 1.29 is 9.47 Å². The molecule has 0 atom stereocenters. The Morgan fingerprint density at radius 1 is 1.00 bits per heavy atom. The lowest BCUT2D eigenvalue weighted by molar-refractivity contribution is 0.311. The van der Waals surface area contributed by atoms with Gasteiger partial charge in [0, 0.05) is 17.8 Å². The average Bonchev–Trinajstić information content (AvgIpc) is 2.38. The van der Waals surface area contributed by atoms with Gasteiger partial charge in [-0.05, 0) is 43.7 Å². The van der Waals surface area contributed by atoms with Crippen LogP contribution in [0.5, 0.6) is 11.5 Å². The van der Waals surface area contributed by atoms with Gasteiger partial charge in [0.25, 0.3) is 0 Å². The summed E-state index contributed by atoms with van der Waals surface area (Å²) in [5.41, 5.74) is 1.10. The summed E-state index contributed by atoms with van der Waals surface area (Å²) in [6, 6.07) is 6.56. The van der Waals surface area contributed by atoms with Crippen LogP contribution in [0, 0.1) is 11.8 Å². The zero-order chi connectivity index (χ0) is 15.8. The van der Waals surface area contributed by atoms with Gasteiger partial charge in [-0.25, -0.2) is 0 Å². The molecule has 0 bridgehead atoms. The first-order valence-electron chi connectivity index (χ1n) is 8.03. The molecule has 0 amide bonds. The molecular formula is C18H31NO2. The van der Waals surface area contributed by atoms with Crippen molar-refractivity contribution in [3.05, 3.63) is 18.2 Å². The molecule has 0 aliphatic carbocycles. The van der Waals surface area contributed by atoms with Crippen LogP contribution < -0.4 is 14.8 Å². The van der Waals surface area contributed by atoms with Gasteiger partial charge in [-0.1, -0.05) is 27.7 Å². The smallest absolute Gasteiger partial charge is 0.163 e. The average molecular weight is 293 g/mol. The van der Waals surface area contributed by atoms with E-state index in [0.29, 0.717) is 24.5 Å². The lowest BCUT2D eigenvalue weighted by Gasteiger charge is -2.24. The summed E-state index contributed by atoms with van der Waals surface area (Å²) in [7, 11) is 1.67. The predicted octanol–water partition coefficient (Wildman–Crippen LogP) is 4.97. The molecule has 0 aliphatic heterocycles. The van der Waals surface area contributed by atoms with E-state index >= 15 is 0 Å². The highest BCUT2D eigenvalue weighted by Gasteiger charge is 2.14. The summed E-state index contributed by atoms with van der Waals surface area (Å²) in [4.78, 5) is 0. The summed E-state index contributed by atoms with van der Waals surface area (Å²) < 4.78 is 11.0. The van der Waals surface area contributed by atoms with E-state index in [4.69, 9.17) is 9.47 Å². The van der Waals surface area contributed by atoms with Gasteiger partial charge in [0.05, 0.1) is 13.7 Å². The van der Waals surface area contributed by atoms with Gasteiger partial charge in [0.2, 0.25) is 0 Å². The molecule has 3 heteroatoms. The highest BCUT2D eigenvalue weighted by atomic mass is 16.5. The summed E-state index contributed by atoms with van der Waals surface area (Å²) >= 11 is 0. The Bertz CT molecular complexity index is 406. The second-order valence-electron chi connectivity index (χ2n) is 6.40. The molecule has 3 nitrogen and oxygen atoms in total. The van der Waals surface area contributed by atoms with Crippen LogP contribution in [-0.4, -0.2) is 19.8 Å². The Balaban J connectivity index is 2.84. The van der Waals surface area contributed by atoms with Crippen LogP contribution in [0.2, 0.25) is 0 Å². The van der Waals surface area contributed by atoms with Crippen LogP contribution in [0.25, 0.3) is 0 Å². The summed E-state index contributed by atoms with van der Waals surface area (Å²) in [5.74, 6) is 2.96. The standard InChI is InChI=1S/C18H31NO2/c1-7-21-18-12-15(8-9-17(18)20-6)19-16(10-13(2)3)11-14(4)5/h8-9,12-14,16,19H,7,10-11H2,1-6H3. The number of hydrogen-bond acceptors (Lipinski definition) is 3. The first kappa shape index (κ1) is 17.7. The second kappa shape index (κ2) is 8.81. The maximum absolute atomic E-state index is 5.65. The Hall–Kier alpha value is -1.38. The zero-order valence-electron chi connectivity index (χ0n) is 14.4. The van der Waals surface area contributed by atoms with Gasteiger partial charge in [-0.3, -0.25) is 0 Å². The highest BCUT2D eigenvalue weighted by molar-refractivity contribution is 5.55. The molecule has 0 spiro atoms. The molecule has 0 unspecified atom stereocenters. The zero-order valence-corrected chi connectivity index (χ0v) is 14.4. The minimum Gasteiger partial charge on any atom is -0.493 e. The SMILES string of the molecule is CCOc1cc(NC(CC(C)C)CC(C)C)ccc1OC. The number of benzene rings is 1. The van der Waals surface area contributed by atoms with E-state index < -0.39 is 0 Å². The van der Waals surface area contributed by atoms with Gasteiger partial charge in [0.15, 0.2) is 11.5 Å². The third-order valence-electron chi connectivity index (χ3n) is 3.35. The van der Waals surface area contributed by atoms with Crippen molar-refractivity contribution >= 4 is 5.69 Å². The largest absolute Gasteiger partial charge is 0.493 e. The van der Waals surface area contributed by atoms with Gasteiger partial charge >= 0.3 is 0 Å². The van der Waals surface area contributed by atoms with Crippen LogP contribution in [0.4, 0.5) is 5.69 Å². The highest BCUT2D eigenvalue weighted by Crippen LogP contribution is 2.31. The molecule has 0 heterocycles. The Labute approximate surface area is 130 Å². The first-order chi connectivity index (χ1) is 9.96. The fourth-order valence-electron chi connectivity index (χ4n) is 2.62. The topological polar surface area (TPSA) is 30.5 Å². The molecule has 21 heavy (non-hydrogen) atoms. The van der Waals surface area contributed by atoms with E-state index in [2.05, 4.69) is 39.1 Å². The van der Waals surface area contributed by atoms with Crippen molar-refractivity contribution in [2.24, 2.45) is 11.8 Å². The number of nitrogens with one attached hydrogen (secondary N) is 1. The predicted molar refractivity (Wildman–Crippen MR) is 90.5 cm³/mol. The maximum atomic E-state index is 5.65. The molecule has 1 aromatic rings. The molecule has 1 rings (SSSR count). The third-order valence-corrected chi connectivity index (χ3v) is 3.35. The molecular weight excluding hydrogens is 262 g/mol. The van der Waals surface area contributed by atoms with Crippen LogP contribution in [0.3, 0.4) is 0 Å². The van der Waals surface area contributed by atoms with Crippen LogP contribution in [0.1, 0.15) is 47.5 Å².